The van der Waals surface area contributed by atoms with Gasteiger partial charge >= 0.3 is 17.8 Å². The molecule has 0 aliphatic heterocycles. The monoisotopic (exact) mass is 419 g/mol. The van der Waals surface area contributed by atoms with Crippen LogP contribution in [0.4, 0.5) is 4.79 Å². The molecule has 0 aliphatic rings. The van der Waals surface area contributed by atoms with E-state index in [9.17, 15) is 19.2 Å². The van der Waals surface area contributed by atoms with Crippen molar-refractivity contribution in [1.82, 2.24) is 14.5 Å². The molecular formula is C15H22BrN3O6. The highest BCUT2D eigenvalue weighted by Crippen LogP contribution is 2.07. The molecule has 1 atom stereocenters. The van der Waals surface area contributed by atoms with Crippen molar-refractivity contribution in [2.45, 2.75) is 53.0 Å². The van der Waals surface area contributed by atoms with Gasteiger partial charge in [-0.15, -0.1) is 0 Å². The largest absolute Gasteiger partial charge is 0.444 e. The number of carbonyl (C=O) groups excluding carboxylic acids is 2. The summed E-state index contributed by atoms with van der Waals surface area (Å²) in [4.78, 5) is 47.3. The van der Waals surface area contributed by atoms with Crippen LogP contribution in [0.3, 0.4) is 0 Å². The molecule has 10 heteroatoms. The van der Waals surface area contributed by atoms with Crippen LogP contribution in [0, 0.1) is 0 Å². The van der Waals surface area contributed by atoms with E-state index in [0.717, 1.165) is 9.13 Å². The summed E-state index contributed by atoms with van der Waals surface area (Å²) in [5, 5.41) is 2.51. The third kappa shape index (κ3) is 6.37. The highest BCUT2D eigenvalue weighted by atomic mass is 79.9. The molecule has 0 fully saturated rings. The lowest BCUT2D eigenvalue weighted by Gasteiger charge is -2.21. The summed E-state index contributed by atoms with van der Waals surface area (Å²) in [6.45, 7) is 7.67. The molecule has 1 heterocycles. The van der Waals surface area contributed by atoms with E-state index < -0.39 is 35.0 Å². The molecule has 9 nitrogen and oxygen atoms in total. The number of nitrogens with zero attached hydrogens (tertiary/aromatic N) is 2. The second-order valence-electron chi connectivity index (χ2n) is 6.40. The fourth-order valence-corrected chi connectivity index (χ4v) is 2.30. The molecule has 1 rings (SSSR count). The van der Waals surface area contributed by atoms with Crippen LogP contribution in [-0.4, -0.2) is 33.3 Å². The van der Waals surface area contributed by atoms with Gasteiger partial charge in [-0.2, -0.15) is 0 Å². The molecule has 1 amide bonds. The number of rotatable bonds is 5. The molecule has 0 radical (unpaired) electrons. The maximum Gasteiger partial charge on any atom is 0.407 e. The van der Waals surface area contributed by atoms with E-state index >= 15 is 0 Å². The van der Waals surface area contributed by atoms with E-state index in [1.54, 1.807) is 27.7 Å². The number of hydrogen-bond donors (Lipinski definition) is 1. The minimum absolute atomic E-state index is 0.00801. The predicted octanol–water partition coefficient (Wildman–Crippen LogP) is 1.38. The van der Waals surface area contributed by atoms with Crippen LogP contribution in [0.1, 0.15) is 40.7 Å². The van der Waals surface area contributed by atoms with E-state index in [1.807, 2.05) is 0 Å². The third-order valence-corrected chi connectivity index (χ3v) is 3.48. The van der Waals surface area contributed by atoms with Gasteiger partial charge in [0.15, 0.2) is 6.73 Å². The number of hydrogen-bond acceptors (Lipinski definition) is 6. The Morgan fingerprint density at radius 2 is 1.92 bits per heavy atom. The van der Waals surface area contributed by atoms with E-state index in [-0.39, 0.29) is 17.7 Å². The van der Waals surface area contributed by atoms with Crippen molar-refractivity contribution in [2.75, 3.05) is 6.54 Å². The first kappa shape index (κ1) is 20.9. The summed E-state index contributed by atoms with van der Waals surface area (Å²) in [5.74, 6) is -0.555. The Bertz CT molecular complexity index is 762. The molecule has 0 aromatic carbocycles. The number of amides is 1. The van der Waals surface area contributed by atoms with Crippen molar-refractivity contribution in [2.24, 2.45) is 0 Å². The summed E-state index contributed by atoms with van der Waals surface area (Å²) in [7, 11) is 0. The Morgan fingerprint density at radius 1 is 1.32 bits per heavy atom. The lowest BCUT2D eigenvalue weighted by atomic mass is 10.2. The van der Waals surface area contributed by atoms with Gasteiger partial charge in [-0.1, -0.05) is 0 Å². The zero-order valence-electron chi connectivity index (χ0n) is 14.8. The summed E-state index contributed by atoms with van der Waals surface area (Å²) >= 11 is 3.08. The van der Waals surface area contributed by atoms with Gasteiger partial charge in [-0.05, 0) is 43.6 Å². The zero-order chi connectivity index (χ0) is 19.4. The van der Waals surface area contributed by atoms with Crippen molar-refractivity contribution in [1.29, 1.82) is 0 Å². The number of halogens is 1. The van der Waals surface area contributed by atoms with Gasteiger partial charge < -0.3 is 14.8 Å². The lowest BCUT2D eigenvalue weighted by Crippen LogP contribution is -2.45. The first-order chi connectivity index (χ1) is 11.4. The quantitative estimate of drug-likeness (QED) is 0.721. The molecule has 0 aliphatic carbocycles. The SMILES string of the molecule is CC(=O)OCn1cc(Br)c(=O)n(C(C)CNC(=O)OC(C)(C)C)c1=O. The Balaban J connectivity index is 2.99. The molecule has 1 unspecified atom stereocenters. The summed E-state index contributed by atoms with van der Waals surface area (Å²) in [6.07, 6.45) is 0.598. The number of alkyl carbamates (subject to hydrolysis) is 1. The Morgan fingerprint density at radius 3 is 2.44 bits per heavy atom. The molecule has 0 saturated carbocycles. The number of esters is 1. The van der Waals surface area contributed by atoms with Crippen LogP contribution >= 0.6 is 15.9 Å². The second-order valence-corrected chi connectivity index (χ2v) is 7.26. The standard InChI is InChI=1S/C15H22BrN3O6/c1-9(6-17-13(22)25-15(3,4)5)19-12(21)11(16)7-18(14(19)23)8-24-10(2)20/h7,9H,6,8H2,1-5H3,(H,17,22). The minimum Gasteiger partial charge on any atom is -0.444 e. The Labute approximate surface area is 153 Å². The van der Waals surface area contributed by atoms with Crippen molar-refractivity contribution in [3.63, 3.8) is 0 Å². The molecule has 0 bridgehead atoms. The van der Waals surface area contributed by atoms with Crippen LogP contribution in [0.25, 0.3) is 0 Å². The zero-order valence-corrected chi connectivity index (χ0v) is 16.4. The number of aromatic nitrogens is 2. The Kier molecular flexibility index (Phi) is 6.97. The molecule has 0 spiro atoms. The molecule has 0 saturated heterocycles. The molecule has 1 aromatic heterocycles. The third-order valence-electron chi connectivity index (χ3n) is 2.93. The van der Waals surface area contributed by atoms with Crippen LogP contribution < -0.4 is 16.6 Å². The van der Waals surface area contributed by atoms with Crippen LogP contribution in [0.5, 0.6) is 0 Å². The van der Waals surface area contributed by atoms with Gasteiger partial charge in [0, 0.05) is 19.7 Å². The van der Waals surface area contributed by atoms with Crippen LogP contribution in [0.2, 0.25) is 0 Å². The smallest absolute Gasteiger partial charge is 0.407 e. The fraction of sp³-hybridized carbons (Fsp3) is 0.600. The summed E-state index contributed by atoms with van der Waals surface area (Å²) in [5.41, 5.74) is -1.87. The van der Waals surface area contributed by atoms with Crippen LogP contribution in [0.15, 0.2) is 20.3 Å². The second kappa shape index (κ2) is 8.32. The average Bonchev–Trinajstić information content (AvgIpc) is 2.46. The fourth-order valence-electron chi connectivity index (χ4n) is 1.87. The maximum atomic E-state index is 12.4. The molecule has 1 N–H and O–H groups in total. The normalized spacial score (nSPS) is 12.4. The topological polar surface area (TPSA) is 109 Å². The molecule has 140 valence electrons. The Hall–Kier alpha value is -2.10. The number of ether oxygens (including phenoxy) is 2. The van der Waals surface area contributed by atoms with Crippen molar-refractivity contribution < 1.29 is 19.1 Å². The average molecular weight is 420 g/mol. The summed E-state index contributed by atoms with van der Waals surface area (Å²) < 4.78 is 12.1. The van der Waals surface area contributed by atoms with Crippen molar-refractivity contribution in [3.05, 3.63) is 31.5 Å². The van der Waals surface area contributed by atoms with Gasteiger partial charge in [-0.3, -0.25) is 18.7 Å². The molecule has 25 heavy (non-hydrogen) atoms. The van der Waals surface area contributed by atoms with E-state index in [4.69, 9.17) is 9.47 Å². The predicted molar refractivity (Wildman–Crippen MR) is 93.4 cm³/mol. The van der Waals surface area contributed by atoms with Gasteiger partial charge in [-0.25, -0.2) is 9.59 Å². The van der Waals surface area contributed by atoms with Gasteiger partial charge in [0.1, 0.15) is 5.60 Å². The van der Waals surface area contributed by atoms with Gasteiger partial charge in [0.2, 0.25) is 0 Å². The highest BCUT2D eigenvalue weighted by molar-refractivity contribution is 9.10. The minimum atomic E-state index is -0.659. The van der Waals surface area contributed by atoms with E-state index in [2.05, 4.69) is 21.2 Å². The maximum absolute atomic E-state index is 12.4. The first-order valence-electron chi connectivity index (χ1n) is 7.54. The van der Waals surface area contributed by atoms with E-state index in [0.29, 0.717) is 0 Å². The highest BCUT2D eigenvalue weighted by Gasteiger charge is 2.19. The summed E-state index contributed by atoms with van der Waals surface area (Å²) in [6, 6.07) is -0.645. The van der Waals surface area contributed by atoms with Crippen molar-refractivity contribution in [3.8, 4) is 0 Å². The lowest BCUT2D eigenvalue weighted by molar-refractivity contribution is -0.144. The molecule has 1 aromatic rings. The molecular weight excluding hydrogens is 398 g/mol. The first-order valence-corrected chi connectivity index (χ1v) is 8.33. The van der Waals surface area contributed by atoms with Gasteiger partial charge in [0.05, 0.1) is 10.5 Å². The van der Waals surface area contributed by atoms with Gasteiger partial charge in [0.25, 0.3) is 5.56 Å². The van der Waals surface area contributed by atoms with Crippen molar-refractivity contribution >= 4 is 28.0 Å². The number of carbonyl (C=O) groups is 2. The van der Waals surface area contributed by atoms with E-state index in [1.165, 1.54) is 13.1 Å². The van der Waals surface area contributed by atoms with Crippen LogP contribution in [-0.2, 0) is 21.0 Å². The number of nitrogens with one attached hydrogen (secondary N) is 1.